The number of amides is 1. The van der Waals surface area contributed by atoms with Crippen LogP contribution in [0.15, 0.2) is 6.07 Å². The largest absolute Gasteiger partial charge is 0.343 e. The van der Waals surface area contributed by atoms with Gasteiger partial charge in [-0.2, -0.15) is 5.10 Å². The fourth-order valence-electron chi connectivity index (χ4n) is 3.38. The molecule has 124 valence electrons. The molecule has 0 saturated carbocycles. The second-order valence-electron chi connectivity index (χ2n) is 6.64. The smallest absolute Gasteiger partial charge is 0.224 e. The summed E-state index contributed by atoms with van der Waals surface area (Å²) in [6.45, 7) is 9.03. The molecule has 1 N–H and O–H groups in total. The van der Waals surface area contributed by atoms with Gasteiger partial charge < -0.3 is 10.2 Å². The first-order chi connectivity index (χ1) is 10.5. The molecular weight excluding hydrogens is 276 g/mol. The number of hydrogen-bond acceptors (Lipinski definition) is 3. The summed E-state index contributed by atoms with van der Waals surface area (Å²) in [5, 5.41) is 7.70. The summed E-state index contributed by atoms with van der Waals surface area (Å²) in [5.74, 6) is 1.04. The molecule has 22 heavy (non-hydrogen) atoms. The molecule has 0 aromatic carbocycles. The molecule has 5 nitrogen and oxygen atoms in total. The van der Waals surface area contributed by atoms with Gasteiger partial charge in [-0.1, -0.05) is 0 Å². The Kier molecular flexibility index (Phi) is 6.00. The molecule has 1 unspecified atom stereocenters. The predicted molar refractivity (Wildman–Crippen MR) is 88.9 cm³/mol. The third kappa shape index (κ3) is 4.32. The van der Waals surface area contributed by atoms with E-state index in [0.717, 1.165) is 49.8 Å². The lowest BCUT2D eigenvalue weighted by Crippen LogP contribution is -2.39. The van der Waals surface area contributed by atoms with Crippen LogP contribution < -0.4 is 5.32 Å². The minimum Gasteiger partial charge on any atom is -0.343 e. The minimum atomic E-state index is 0.128. The molecule has 1 saturated heterocycles. The monoisotopic (exact) mass is 306 g/mol. The van der Waals surface area contributed by atoms with Crippen molar-refractivity contribution >= 4 is 5.91 Å². The van der Waals surface area contributed by atoms with Gasteiger partial charge in [0.2, 0.25) is 5.91 Å². The van der Waals surface area contributed by atoms with Gasteiger partial charge in [-0.05, 0) is 65.6 Å². The standard InChI is InChI=1S/C17H30N4O/c1-13-11-14(2)21(19-13)15(3)12-17(22)20-9-6-16(7-10-20)5-8-18-4/h11,15-16,18H,5-10,12H2,1-4H3. The molecule has 0 bridgehead atoms. The molecule has 1 aliphatic heterocycles. The van der Waals surface area contributed by atoms with Gasteiger partial charge in [0.1, 0.15) is 0 Å². The maximum atomic E-state index is 12.5. The second-order valence-corrected chi connectivity index (χ2v) is 6.64. The van der Waals surface area contributed by atoms with E-state index in [0.29, 0.717) is 6.42 Å². The Balaban J connectivity index is 1.82. The average Bonchev–Trinajstić information content (AvgIpc) is 2.84. The summed E-state index contributed by atoms with van der Waals surface area (Å²) >= 11 is 0. The van der Waals surface area contributed by atoms with Crippen LogP contribution in [0.3, 0.4) is 0 Å². The lowest BCUT2D eigenvalue weighted by molar-refractivity contribution is -0.133. The molecule has 0 aliphatic carbocycles. The van der Waals surface area contributed by atoms with Crippen molar-refractivity contribution in [3.63, 3.8) is 0 Å². The lowest BCUT2D eigenvalue weighted by atomic mass is 9.93. The highest BCUT2D eigenvalue weighted by Crippen LogP contribution is 2.22. The zero-order chi connectivity index (χ0) is 16.1. The molecule has 1 aromatic rings. The first kappa shape index (κ1) is 17.0. The number of carbonyl (C=O) groups is 1. The van der Waals surface area contributed by atoms with Crippen molar-refractivity contribution in [2.75, 3.05) is 26.7 Å². The highest BCUT2D eigenvalue weighted by atomic mass is 16.2. The van der Waals surface area contributed by atoms with E-state index < -0.39 is 0 Å². The van der Waals surface area contributed by atoms with Gasteiger partial charge in [0, 0.05) is 25.2 Å². The van der Waals surface area contributed by atoms with E-state index in [2.05, 4.69) is 23.4 Å². The van der Waals surface area contributed by atoms with Crippen LogP contribution in [0, 0.1) is 19.8 Å². The van der Waals surface area contributed by atoms with E-state index in [-0.39, 0.29) is 11.9 Å². The summed E-state index contributed by atoms with van der Waals surface area (Å²) in [6.07, 6.45) is 4.05. The highest BCUT2D eigenvalue weighted by molar-refractivity contribution is 5.76. The van der Waals surface area contributed by atoms with Gasteiger partial charge in [-0.3, -0.25) is 9.48 Å². The zero-order valence-corrected chi connectivity index (χ0v) is 14.4. The molecule has 1 aromatic heterocycles. The first-order valence-electron chi connectivity index (χ1n) is 8.46. The van der Waals surface area contributed by atoms with Crippen molar-refractivity contribution in [3.05, 3.63) is 17.5 Å². The van der Waals surface area contributed by atoms with Crippen LogP contribution in [0.25, 0.3) is 0 Å². The Morgan fingerprint density at radius 2 is 2.09 bits per heavy atom. The van der Waals surface area contributed by atoms with E-state index in [4.69, 9.17) is 0 Å². The van der Waals surface area contributed by atoms with Crippen molar-refractivity contribution in [1.29, 1.82) is 0 Å². The molecule has 1 amide bonds. The van der Waals surface area contributed by atoms with Gasteiger partial charge in [0.15, 0.2) is 0 Å². The minimum absolute atomic E-state index is 0.128. The molecule has 1 aliphatic rings. The van der Waals surface area contributed by atoms with E-state index in [1.807, 2.05) is 30.5 Å². The van der Waals surface area contributed by atoms with E-state index in [1.54, 1.807) is 0 Å². The van der Waals surface area contributed by atoms with Crippen LogP contribution >= 0.6 is 0 Å². The number of nitrogens with zero attached hydrogens (tertiary/aromatic N) is 3. The van der Waals surface area contributed by atoms with Gasteiger partial charge >= 0.3 is 0 Å². The summed E-state index contributed by atoms with van der Waals surface area (Å²) in [6, 6.07) is 2.19. The van der Waals surface area contributed by atoms with Crippen LogP contribution in [0.1, 0.15) is 50.0 Å². The van der Waals surface area contributed by atoms with Crippen LogP contribution in [0.2, 0.25) is 0 Å². The van der Waals surface area contributed by atoms with E-state index in [1.165, 1.54) is 6.42 Å². The number of nitrogens with one attached hydrogen (secondary N) is 1. The van der Waals surface area contributed by atoms with E-state index in [9.17, 15) is 4.79 Å². The summed E-state index contributed by atoms with van der Waals surface area (Å²) < 4.78 is 1.98. The Morgan fingerprint density at radius 1 is 1.41 bits per heavy atom. The van der Waals surface area contributed by atoms with E-state index >= 15 is 0 Å². The molecule has 0 radical (unpaired) electrons. The zero-order valence-electron chi connectivity index (χ0n) is 14.4. The number of carbonyl (C=O) groups excluding carboxylic acids is 1. The lowest BCUT2D eigenvalue weighted by Gasteiger charge is -2.32. The molecule has 1 fully saturated rings. The van der Waals surface area contributed by atoms with Gasteiger partial charge in [0.05, 0.1) is 11.7 Å². The number of likely N-dealkylation sites (tertiary alicyclic amines) is 1. The van der Waals surface area contributed by atoms with Crippen molar-refractivity contribution < 1.29 is 4.79 Å². The van der Waals surface area contributed by atoms with Crippen molar-refractivity contribution in [2.24, 2.45) is 5.92 Å². The highest BCUT2D eigenvalue weighted by Gasteiger charge is 2.24. The van der Waals surface area contributed by atoms with Crippen molar-refractivity contribution in [1.82, 2.24) is 20.0 Å². The Morgan fingerprint density at radius 3 is 2.64 bits per heavy atom. The fraction of sp³-hybridized carbons (Fsp3) is 0.765. The normalized spacial score (nSPS) is 17.7. The predicted octanol–water partition coefficient (Wildman–Crippen LogP) is 2.30. The molecule has 5 heteroatoms. The van der Waals surface area contributed by atoms with Crippen molar-refractivity contribution in [3.8, 4) is 0 Å². The Bertz CT molecular complexity index is 489. The number of aromatic nitrogens is 2. The van der Waals surface area contributed by atoms with Crippen LogP contribution in [-0.2, 0) is 4.79 Å². The summed E-state index contributed by atoms with van der Waals surface area (Å²) in [5.41, 5.74) is 2.14. The molecule has 0 spiro atoms. The maximum absolute atomic E-state index is 12.5. The number of hydrogen-bond donors (Lipinski definition) is 1. The molecule has 2 rings (SSSR count). The fourth-order valence-corrected chi connectivity index (χ4v) is 3.38. The number of piperidine rings is 1. The Hall–Kier alpha value is -1.36. The van der Waals surface area contributed by atoms with Crippen LogP contribution in [0.4, 0.5) is 0 Å². The first-order valence-corrected chi connectivity index (χ1v) is 8.46. The number of aryl methyl sites for hydroxylation is 2. The van der Waals surface area contributed by atoms with Crippen LogP contribution in [-0.4, -0.2) is 47.3 Å². The average molecular weight is 306 g/mol. The molecule has 2 heterocycles. The molecular formula is C17H30N4O. The third-order valence-corrected chi connectivity index (χ3v) is 4.70. The summed E-state index contributed by atoms with van der Waals surface area (Å²) in [7, 11) is 2.00. The Labute approximate surface area is 134 Å². The van der Waals surface area contributed by atoms with Crippen LogP contribution in [0.5, 0.6) is 0 Å². The number of rotatable bonds is 6. The summed E-state index contributed by atoms with van der Waals surface area (Å²) in [4.78, 5) is 14.5. The SMILES string of the molecule is CNCCC1CCN(C(=O)CC(C)n2nc(C)cc2C)CC1. The molecule has 1 atom stereocenters. The topological polar surface area (TPSA) is 50.2 Å². The second kappa shape index (κ2) is 7.77. The third-order valence-electron chi connectivity index (χ3n) is 4.70. The van der Waals surface area contributed by atoms with Gasteiger partial charge in [-0.15, -0.1) is 0 Å². The maximum Gasteiger partial charge on any atom is 0.224 e. The van der Waals surface area contributed by atoms with Crippen molar-refractivity contribution in [2.45, 2.75) is 52.5 Å². The quantitative estimate of drug-likeness (QED) is 0.877. The van der Waals surface area contributed by atoms with Gasteiger partial charge in [-0.25, -0.2) is 0 Å². The van der Waals surface area contributed by atoms with Gasteiger partial charge in [0.25, 0.3) is 0 Å².